The van der Waals surface area contributed by atoms with E-state index in [-0.39, 0.29) is 6.04 Å². The largest absolute Gasteiger partial charge is 0.369 e. The third kappa shape index (κ3) is 3.23. The molecule has 1 aliphatic heterocycles. The second-order valence-electron chi connectivity index (χ2n) is 8.86. The number of nitrogens with zero attached hydrogens (tertiary/aromatic N) is 1. The summed E-state index contributed by atoms with van der Waals surface area (Å²) in [5.74, 6) is -0.572. The number of primary amides is 2. The molecule has 5 heteroatoms. The summed E-state index contributed by atoms with van der Waals surface area (Å²) >= 11 is 0. The number of carbonyl (C=O) groups is 2. The quantitative estimate of drug-likeness (QED) is 0.794. The minimum atomic E-state index is -0.497. The lowest BCUT2D eigenvalue weighted by atomic mass is 9.86. The van der Waals surface area contributed by atoms with Crippen LogP contribution < -0.4 is 11.5 Å². The molecule has 1 heterocycles. The van der Waals surface area contributed by atoms with Crippen LogP contribution in [0.3, 0.4) is 0 Å². The lowest BCUT2D eigenvalue weighted by Gasteiger charge is -2.28. The molecule has 2 aromatic carbocycles. The molecule has 2 aliphatic carbocycles. The number of rotatable bonds is 6. The van der Waals surface area contributed by atoms with Crippen molar-refractivity contribution in [2.24, 2.45) is 29.2 Å². The molecule has 5 rings (SSSR count). The van der Waals surface area contributed by atoms with E-state index in [0.29, 0.717) is 30.3 Å². The maximum atomic E-state index is 12.4. The molecule has 0 radical (unpaired) electrons. The van der Waals surface area contributed by atoms with Crippen LogP contribution in [0.5, 0.6) is 0 Å². The van der Waals surface area contributed by atoms with Crippen molar-refractivity contribution in [1.29, 1.82) is 0 Å². The number of benzene rings is 2. The zero-order valence-electron chi connectivity index (χ0n) is 16.4. The Morgan fingerprint density at radius 1 is 0.793 bits per heavy atom. The molecule has 0 spiro atoms. The predicted molar refractivity (Wildman–Crippen MR) is 111 cm³/mol. The van der Waals surface area contributed by atoms with E-state index in [1.807, 2.05) is 12.1 Å². The third-order valence-electron chi connectivity index (χ3n) is 7.20. The van der Waals surface area contributed by atoms with Crippen LogP contribution in [-0.4, -0.2) is 35.3 Å². The molecule has 4 N–H and O–H groups in total. The highest BCUT2D eigenvalue weighted by Crippen LogP contribution is 2.58. The Morgan fingerprint density at radius 3 is 1.93 bits per heavy atom. The molecular weight excluding hydrogens is 362 g/mol. The second kappa shape index (κ2) is 6.99. The van der Waals surface area contributed by atoms with Gasteiger partial charge >= 0.3 is 0 Å². The van der Waals surface area contributed by atoms with Crippen molar-refractivity contribution >= 4 is 11.8 Å². The van der Waals surface area contributed by atoms with Crippen LogP contribution in [0, 0.1) is 17.8 Å². The zero-order valence-corrected chi connectivity index (χ0v) is 16.4. The fraction of sp³-hybridized carbons (Fsp3) is 0.417. The van der Waals surface area contributed by atoms with E-state index >= 15 is 0 Å². The fourth-order valence-corrected chi connectivity index (χ4v) is 5.69. The molecule has 29 heavy (non-hydrogen) atoms. The first-order valence-electron chi connectivity index (χ1n) is 10.5. The SMILES string of the molecule is NC(=O)C1CN(C2CC2c2ccccc2)C(C2CC2c2ccccc2)C1C(N)=O. The van der Waals surface area contributed by atoms with Crippen molar-refractivity contribution in [3.8, 4) is 0 Å². The average Bonchev–Trinajstić information content (AvgIpc) is 3.65. The van der Waals surface area contributed by atoms with E-state index in [1.165, 1.54) is 11.1 Å². The predicted octanol–water partition coefficient (Wildman–Crippen LogP) is 2.23. The molecular formula is C24H27N3O2. The Bertz CT molecular complexity index is 916. The molecule has 7 atom stereocenters. The van der Waals surface area contributed by atoms with Crippen molar-refractivity contribution in [2.75, 3.05) is 6.54 Å². The Labute approximate surface area is 171 Å². The minimum Gasteiger partial charge on any atom is -0.369 e. The summed E-state index contributed by atoms with van der Waals surface area (Å²) in [4.78, 5) is 27.0. The highest BCUT2D eigenvalue weighted by Gasteiger charge is 2.61. The summed E-state index contributed by atoms with van der Waals surface area (Å²) in [6.45, 7) is 0.541. The number of hydrogen-bond donors (Lipinski definition) is 2. The Kier molecular flexibility index (Phi) is 4.43. The van der Waals surface area contributed by atoms with Crippen molar-refractivity contribution in [2.45, 2.75) is 36.8 Å². The summed E-state index contributed by atoms with van der Waals surface area (Å²) in [6.07, 6.45) is 2.09. The standard InChI is InChI=1S/C24H27N3O2/c25-23(28)19-13-27(20-12-17(20)15-9-5-2-6-10-15)22(21(19)24(26)29)18-11-16(18)14-7-3-1-4-8-14/h1-10,16-22H,11-13H2,(H2,25,28)(H2,26,29). The van der Waals surface area contributed by atoms with Crippen molar-refractivity contribution in [3.05, 3.63) is 71.8 Å². The highest BCUT2D eigenvalue weighted by atomic mass is 16.2. The van der Waals surface area contributed by atoms with E-state index in [4.69, 9.17) is 11.5 Å². The van der Waals surface area contributed by atoms with Gasteiger partial charge < -0.3 is 11.5 Å². The summed E-state index contributed by atoms with van der Waals surface area (Å²) in [6, 6.07) is 21.3. The van der Waals surface area contributed by atoms with Gasteiger partial charge in [-0.1, -0.05) is 60.7 Å². The van der Waals surface area contributed by atoms with E-state index in [0.717, 1.165) is 12.8 Å². The monoisotopic (exact) mass is 389 g/mol. The first kappa shape index (κ1) is 18.4. The molecule has 3 aliphatic rings. The van der Waals surface area contributed by atoms with Crippen molar-refractivity contribution in [1.82, 2.24) is 4.90 Å². The van der Waals surface area contributed by atoms with Crippen molar-refractivity contribution < 1.29 is 9.59 Å². The van der Waals surface area contributed by atoms with Gasteiger partial charge in [0.1, 0.15) is 0 Å². The Hall–Kier alpha value is -2.66. The molecule has 2 amide bonds. The van der Waals surface area contributed by atoms with E-state index in [1.54, 1.807) is 0 Å². The summed E-state index contributed by atoms with van der Waals surface area (Å²) in [5.41, 5.74) is 14.2. The highest BCUT2D eigenvalue weighted by molar-refractivity contribution is 5.87. The van der Waals surface area contributed by atoms with Gasteiger partial charge in [-0.3, -0.25) is 14.5 Å². The Morgan fingerprint density at radius 2 is 1.38 bits per heavy atom. The van der Waals surface area contributed by atoms with Crippen LogP contribution >= 0.6 is 0 Å². The van der Waals surface area contributed by atoms with Gasteiger partial charge in [0.05, 0.1) is 11.8 Å². The number of likely N-dealkylation sites (tertiary alicyclic amines) is 1. The van der Waals surface area contributed by atoms with Gasteiger partial charge in [0.25, 0.3) is 0 Å². The van der Waals surface area contributed by atoms with Crippen LogP contribution in [0.25, 0.3) is 0 Å². The normalized spacial score (nSPS) is 35.9. The van der Waals surface area contributed by atoms with Crippen LogP contribution in [0.2, 0.25) is 0 Å². The molecule has 7 unspecified atom stereocenters. The second-order valence-corrected chi connectivity index (χ2v) is 8.86. The Balaban J connectivity index is 1.43. The van der Waals surface area contributed by atoms with Gasteiger partial charge in [-0.2, -0.15) is 0 Å². The van der Waals surface area contributed by atoms with Gasteiger partial charge in [0.15, 0.2) is 0 Å². The number of amides is 2. The molecule has 5 nitrogen and oxygen atoms in total. The first-order valence-corrected chi connectivity index (χ1v) is 10.5. The van der Waals surface area contributed by atoms with Crippen LogP contribution in [0.1, 0.15) is 35.8 Å². The van der Waals surface area contributed by atoms with E-state index < -0.39 is 23.7 Å². The molecule has 2 aromatic rings. The van der Waals surface area contributed by atoms with E-state index in [9.17, 15) is 9.59 Å². The fourth-order valence-electron chi connectivity index (χ4n) is 5.69. The number of hydrogen-bond acceptors (Lipinski definition) is 3. The lowest BCUT2D eigenvalue weighted by molar-refractivity contribution is -0.130. The molecule has 1 saturated heterocycles. The summed E-state index contributed by atoms with van der Waals surface area (Å²) in [7, 11) is 0. The lowest BCUT2D eigenvalue weighted by Crippen LogP contribution is -2.43. The summed E-state index contributed by atoms with van der Waals surface area (Å²) < 4.78 is 0. The van der Waals surface area contributed by atoms with Gasteiger partial charge in [0.2, 0.25) is 11.8 Å². The smallest absolute Gasteiger partial charge is 0.222 e. The third-order valence-corrected chi connectivity index (χ3v) is 7.20. The molecule has 0 aromatic heterocycles. The number of carbonyl (C=O) groups excluding carboxylic acids is 2. The van der Waals surface area contributed by atoms with Crippen molar-refractivity contribution in [3.63, 3.8) is 0 Å². The maximum absolute atomic E-state index is 12.4. The maximum Gasteiger partial charge on any atom is 0.222 e. The molecule has 0 bridgehead atoms. The molecule has 3 fully saturated rings. The first-order chi connectivity index (χ1) is 14.1. The van der Waals surface area contributed by atoms with Gasteiger partial charge in [-0.05, 0) is 35.8 Å². The average molecular weight is 389 g/mol. The topological polar surface area (TPSA) is 89.4 Å². The van der Waals surface area contributed by atoms with Gasteiger partial charge in [-0.25, -0.2) is 0 Å². The molecule has 2 saturated carbocycles. The van der Waals surface area contributed by atoms with Gasteiger partial charge in [0, 0.05) is 24.5 Å². The number of nitrogens with two attached hydrogens (primary N) is 2. The molecule has 150 valence electrons. The van der Waals surface area contributed by atoms with Crippen LogP contribution in [-0.2, 0) is 9.59 Å². The van der Waals surface area contributed by atoms with Crippen LogP contribution in [0.4, 0.5) is 0 Å². The van der Waals surface area contributed by atoms with E-state index in [2.05, 4.69) is 53.4 Å². The summed E-state index contributed by atoms with van der Waals surface area (Å²) in [5, 5.41) is 0. The zero-order chi connectivity index (χ0) is 20.1. The minimum absolute atomic E-state index is 0.00563. The van der Waals surface area contributed by atoms with Gasteiger partial charge in [-0.15, -0.1) is 0 Å². The van der Waals surface area contributed by atoms with Crippen LogP contribution in [0.15, 0.2) is 60.7 Å².